The molecule has 1 aliphatic heterocycles. The van der Waals surface area contributed by atoms with Gasteiger partial charge in [0, 0.05) is 20.2 Å². The van der Waals surface area contributed by atoms with Gasteiger partial charge in [0.25, 0.3) is 12.0 Å². The summed E-state index contributed by atoms with van der Waals surface area (Å²) in [5.74, 6) is -2.74. The van der Waals surface area contributed by atoms with Gasteiger partial charge in [-0.25, -0.2) is 17.6 Å². The molecule has 0 aromatic heterocycles. The molecule has 1 saturated heterocycles. The number of aliphatic carboxylic acids is 1. The number of likely N-dealkylation sites (tertiary alicyclic amines) is 1. The topological polar surface area (TPSA) is 101 Å². The number of benzene rings is 2. The van der Waals surface area contributed by atoms with E-state index in [9.17, 15) is 36.3 Å². The number of hydrogen-bond acceptors (Lipinski definition) is 5. The summed E-state index contributed by atoms with van der Waals surface area (Å²) in [6.07, 6.45) is 1.23. The highest BCUT2D eigenvalue weighted by Crippen LogP contribution is 2.45. The standard InChI is InChI=1S/C27H28F3NO6S/c1-37-26(13-3-2-4-14-26)25(34)31-16-15-27(17-31,38(35,36)21-11-9-20(28)10-12-21)19-7-5-18(6-8-19)22(23(29)30)24(32)33/h5-12H,2-4,13-17H2,1H3,(H,32,33). The fraction of sp³-hybridized carbons (Fsp3) is 0.407. The number of carbonyl (C=O) groups excluding carboxylic acids is 1. The van der Waals surface area contributed by atoms with Gasteiger partial charge < -0.3 is 14.7 Å². The van der Waals surface area contributed by atoms with E-state index >= 15 is 0 Å². The Kier molecular flexibility index (Phi) is 7.72. The molecular formula is C27H28F3NO6S. The van der Waals surface area contributed by atoms with Gasteiger partial charge in [-0.15, -0.1) is 0 Å². The first-order valence-electron chi connectivity index (χ1n) is 12.2. The second kappa shape index (κ2) is 10.5. The van der Waals surface area contributed by atoms with Crippen LogP contribution in [0, 0.1) is 5.82 Å². The lowest BCUT2D eigenvalue weighted by molar-refractivity contribution is -0.158. The van der Waals surface area contributed by atoms with E-state index in [1.165, 1.54) is 24.1 Å². The summed E-state index contributed by atoms with van der Waals surface area (Å²) >= 11 is 0. The van der Waals surface area contributed by atoms with Crippen molar-refractivity contribution >= 4 is 27.3 Å². The fourth-order valence-corrected chi connectivity index (χ4v) is 7.65. The second-order valence-corrected chi connectivity index (χ2v) is 12.0. The summed E-state index contributed by atoms with van der Waals surface area (Å²) in [5.41, 5.74) is -2.31. The van der Waals surface area contributed by atoms with E-state index in [4.69, 9.17) is 4.74 Å². The molecule has 4 rings (SSSR count). The number of methoxy groups -OCH3 is 1. The number of rotatable bonds is 7. The van der Waals surface area contributed by atoms with Crippen molar-refractivity contribution in [2.75, 3.05) is 20.2 Å². The van der Waals surface area contributed by atoms with Crippen LogP contribution in [0.3, 0.4) is 0 Å². The van der Waals surface area contributed by atoms with Crippen LogP contribution in [-0.2, 0) is 28.9 Å². The van der Waals surface area contributed by atoms with E-state index in [1.54, 1.807) is 0 Å². The maximum absolute atomic E-state index is 14.1. The first-order valence-corrected chi connectivity index (χ1v) is 13.7. The van der Waals surface area contributed by atoms with Crippen LogP contribution in [-0.4, -0.2) is 56.1 Å². The number of ether oxygens (including phenoxy) is 1. The SMILES string of the molecule is COC1(C(=O)N2CCC(c3ccc(C(C(=O)O)=C(F)F)cc3)(S(=O)(=O)c3ccc(F)cc3)C2)CCCCC1. The van der Waals surface area contributed by atoms with Crippen LogP contribution >= 0.6 is 0 Å². The molecule has 204 valence electrons. The summed E-state index contributed by atoms with van der Waals surface area (Å²) < 4.78 is 72.3. The zero-order valence-corrected chi connectivity index (χ0v) is 21.6. The van der Waals surface area contributed by atoms with Gasteiger partial charge in [0.15, 0.2) is 9.84 Å². The third kappa shape index (κ3) is 4.73. The second-order valence-electron chi connectivity index (χ2n) is 9.71. The van der Waals surface area contributed by atoms with Gasteiger partial charge in [0.2, 0.25) is 0 Å². The lowest BCUT2D eigenvalue weighted by Gasteiger charge is -2.38. The predicted molar refractivity (Wildman–Crippen MR) is 132 cm³/mol. The molecule has 0 radical (unpaired) electrons. The summed E-state index contributed by atoms with van der Waals surface area (Å²) in [6, 6.07) is 9.19. The molecule has 2 aromatic rings. The average Bonchev–Trinajstić information content (AvgIpc) is 3.36. The highest BCUT2D eigenvalue weighted by atomic mass is 32.2. The Morgan fingerprint density at radius 2 is 1.55 bits per heavy atom. The van der Waals surface area contributed by atoms with Crippen LogP contribution in [0.15, 0.2) is 59.5 Å². The van der Waals surface area contributed by atoms with Gasteiger partial charge in [0.05, 0.1) is 4.90 Å². The Labute approximate surface area is 218 Å². The molecule has 0 bridgehead atoms. The molecule has 1 saturated carbocycles. The average molecular weight is 552 g/mol. The van der Waals surface area contributed by atoms with E-state index in [1.807, 2.05) is 0 Å². The van der Waals surface area contributed by atoms with E-state index in [2.05, 4.69) is 0 Å². The van der Waals surface area contributed by atoms with Crippen LogP contribution in [0.5, 0.6) is 0 Å². The van der Waals surface area contributed by atoms with Gasteiger partial charge >= 0.3 is 5.97 Å². The molecule has 2 aliphatic rings. The summed E-state index contributed by atoms with van der Waals surface area (Å²) in [5, 5.41) is 9.18. The Bertz CT molecular complexity index is 1350. The van der Waals surface area contributed by atoms with Crippen molar-refractivity contribution in [3.05, 3.63) is 71.6 Å². The third-order valence-corrected chi connectivity index (χ3v) is 10.2. The van der Waals surface area contributed by atoms with Crippen molar-refractivity contribution < 1.29 is 41.0 Å². The molecule has 1 unspecified atom stereocenters. The molecule has 1 aliphatic carbocycles. The van der Waals surface area contributed by atoms with E-state index in [0.717, 1.165) is 55.7 Å². The first kappa shape index (κ1) is 27.8. The smallest absolute Gasteiger partial charge is 0.341 e. The molecule has 1 amide bonds. The Balaban J connectivity index is 1.79. The molecule has 7 nitrogen and oxygen atoms in total. The minimum absolute atomic E-state index is 0.00328. The Hall–Kier alpha value is -3.18. The van der Waals surface area contributed by atoms with Crippen LogP contribution in [0.25, 0.3) is 5.57 Å². The molecule has 1 heterocycles. The van der Waals surface area contributed by atoms with Crippen molar-refractivity contribution in [2.24, 2.45) is 0 Å². The normalized spacial score (nSPS) is 21.2. The van der Waals surface area contributed by atoms with Crippen LogP contribution in [0.4, 0.5) is 13.2 Å². The largest absolute Gasteiger partial charge is 0.477 e. The van der Waals surface area contributed by atoms with Gasteiger partial charge in [-0.3, -0.25) is 4.79 Å². The molecule has 1 atom stereocenters. The molecule has 2 fully saturated rings. The van der Waals surface area contributed by atoms with Gasteiger partial charge in [-0.05, 0) is 54.7 Å². The molecular weight excluding hydrogens is 523 g/mol. The minimum Gasteiger partial charge on any atom is -0.477 e. The van der Waals surface area contributed by atoms with Crippen LogP contribution < -0.4 is 0 Å². The summed E-state index contributed by atoms with van der Waals surface area (Å²) in [6.45, 7) is -0.124. The summed E-state index contributed by atoms with van der Waals surface area (Å²) in [7, 11) is -2.77. The fourth-order valence-electron chi connectivity index (χ4n) is 5.58. The third-order valence-electron chi connectivity index (χ3n) is 7.70. The number of amides is 1. The quantitative estimate of drug-likeness (QED) is 0.393. The molecule has 11 heteroatoms. The van der Waals surface area contributed by atoms with E-state index < -0.39 is 43.6 Å². The monoisotopic (exact) mass is 551 g/mol. The van der Waals surface area contributed by atoms with Crippen molar-refractivity contribution in [1.29, 1.82) is 0 Å². The number of carbonyl (C=O) groups is 2. The molecule has 38 heavy (non-hydrogen) atoms. The van der Waals surface area contributed by atoms with Gasteiger partial charge in [0.1, 0.15) is 21.7 Å². The van der Waals surface area contributed by atoms with Gasteiger partial charge in [-0.1, -0.05) is 43.5 Å². The zero-order chi connectivity index (χ0) is 27.7. The minimum atomic E-state index is -4.24. The van der Waals surface area contributed by atoms with Crippen molar-refractivity contribution in [2.45, 2.75) is 53.8 Å². The van der Waals surface area contributed by atoms with Crippen LogP contribution in [0.2, 0.25) is 0 Å². The van der Waals surface area contributed by atoms with Crippen molar-refractivity contribution in [1.82, 2.24) is 4.90 Å². The number of sulfone groups is 1. The maximum atomic E-state index is 14.1. The predicted octanol–water partition coefficient (Wildman–Crippen LogP) is 4.77. The highest BCUT2D eigenvalue weighted by Gasteiger charge is 2.54. The number of carboxylic acids is 1. The summed E-state index contributed by atoms with van der Waals surface area (Å²) in [4.78, 5) is 26.3. The Morgan fingerprint density at radius 3 is 2.08 bits per heavy atom. The lowest BCUT2D eigenvalue weighted by atomic mass is 9.83. The lowest BCUT2D eigenvalue weighted by Crippen LogP contribution is -2.52. The Morgan fingerprint density at radius 1 is 0.947 bits per heavy atom. The van der Waals surface area contributed by atoms with E-state index in [-0.39, 0.29) is 41.4 Å². The molecule has 2 aromatic carbocycles. The number of hydrogen-bond donors (Lipinski definition) is 1. The number of nitrogens with zero attached hydrogens (tertiary/aromatic N) is 1. The number of carboxylic acid groups (broad SMARTS) is 1. The zero-order valence-electron chi connectivity index (χ0n) is 20.8. The highest BCUT2D eigenvalue weighted by molar-refractivity contribution is 7.92. The van der Waals surface area contributed by atoms with Gasteiger partial charge in [-0.2, -0.15) is 8.78 Å². The first-order chi connectivity index (χ1) is 18.0. The maximum Gasteiger partial charge on any atom is 0.341 e. The van der Waals surface area contributed by atoms with Crippen LogP contribution in [0.1, 0.15) is 49.7 Å². The van der Waals surface area contributed by atoms with E-state index in [0.29, 0.717) is 12.8 Å². The number of halogens is 3. The van der Waals surface area contributed by atoms with Crippen molar-refractivity contribution in [3.8, 4) is 0 Å². The van der Waals surface area contributed by atoms with Crippen molar-refractivity contribution in [3.63, 3.8) is 0 Å². The molecule has 1 N–H and O–H groups in total. The molecule has 0 spiro atoms.